The third-order valence-corrected chi connectivity index (χ3v) is 5.81. The Hall–Kier alpha value is -0.860. The minimum atomic E-state index is -3.28. The number of hydrogen-bond acceptors (Lipinski definition) is 6. The Morgan fingerprint density at radius 3 is 3.00 bits per heavy atom. The number of rotatable bonds is 4. The van der Waals surface area contributed by atoms with Crippen molar-refractivity contribution < 1.29 is 12.8 Å². The molecule has 1 fully saturated rings. The van der Waals surface area contributed by atoms with Crippen molar-refractivity contribution in [2.75, 3.05) is 36.3 Å². The number of halogens is 1. The molecule has 112 valence electrons. The van der Waals surface area contributed by atoms with Crippen molar-refractivity contribution in [2.24, 2.45) is 0 Å². The number of anilines is 1. The van der Waals surface area contributed by atoms with E-state index in [4.69, 9.17) is 0 Å². The van der Waals surface area contributed by atoms with Crippen LogP contribution < -0.4 is 10.2 Å². The Kier molecular flexibility index (Phi) is 4.87. The van der Waals surface area contributed by atoms with E-state index in [1.807, 2.05) is 0 Å². The first-order chi connectivity index (χ1) is 9.45. The molecular weight excluding hydrogens is 301 g/mol. The van der Waals surface area contributed by atoms with E-state index in [-0.39, 0.29) is 5.82 Å². The van der Waals surface area contributed by atoms with Gasteiger partial charge in [-0.15, -0.1) is 0 Å². The lowest BCUT2D eigenvalue weighted by Gasteiger charge is -2.35. The first-order valence-electron chi connectivity index (χ1n) is 6.26. The van der Waals surface area contributed by atoms with Gasteiger partial charge in [0.05, 0.1) is 0 Å². The predicted molar refractivity (Wildman–Crippen MR) is 80.3 cm³/mol. The lowest BCUT2D eigenvalue weighted by molar-refractivity contribution is 0.568. The van der Waals surface area contributed by atoms with Crippen molar-refractivity contribution in [3.63, 3.8) is 0 Å². The second-order valence-corrected chi connectivity index (χ2v) is 8.04. The van der Waals surface area contributed by atoms with Gasteiger partial charge in [-0.05, 0) is 13.1 Å². The lowest BCUT2D eigenvalue weighted by Crippen LogP contribution is -2.47. The minimum Gasteiger partial charge on any atom is -0.336 e. The Bertz CT molecular complexity index is 580. The van der Waals surface area contributed by atoms with Crippen LogP contribution in [0.5, 0.6) is 0 Å². The Labute approximate surface area is 122 Å². The van der Waals surface area contributed by atoms with E-state index < -0.39 is 21.0 Å². The van der Waals surface area contributed by atoms with Crippen molar-refractivity contribution in [2.45, 2.75) is 11.9 Å². The molecule has 20 heavy (non-hydrogen) atoms. The fourth-order valence-corrected chi connectivity index (χ4v) is 5.00. The number of aromatic nitrogens is 1. The van der Waals surface area contributed by atoms with Crippen molar-refractivity contribution in [3.05, 3.63) is 23.6 Å². The van der Waals surface area contributed by atoms with Crippen molar-refractivity contribution in [3.8, 4) is 0 Å². The van der Waals surface area contributed by atoms with E-state index in [9.17, 15) is 12.8 Å². The van der Waals surface area contributed by atoms with E-state index >= 15 is 0 Å². The summed E-state index contributed by atoms with van der Waals surface area (Å²) in [6.45, 7) is 0.864. The van der Waals surface area contributed by atoms with Crippen LogP contribution in [0, 0.1) is 5.82 Å². The molecule has 0 spiro atoms. The van der Waals surface area contributed by atoms with Crippen molar-refractivity contribution in [1.82, 2.24) is 10.3 Å². The summed E-state index contributed by atoms with van der Waals surface area (Å²) >= 11 is 1.57. The molecule has 2 rings (SSSR count). The standard InChI is InChI=1S/C12H18FN3O2S2/c1-14-7-9-3-4-15-12(11(9)13)16-5-6-19-8-10(16)20(2,17)18/h3-4,10,14H,5-8H2,1-2H3. The third-order valence-electron chi connectivity index (χ3n) is 3.17. The zero-order valence-electron chi connectivity index (χ0n) is 11.5. The van der Waals surface area contributed by atoms with Crippen LogP contribution in [0.2, 0.25) is 0 Å². The maximum absolute atomic E-state index is 14.5. The maximum Gasteiger partial charge on any atom is 0.170 e. The first kappa shape index (κ1) is 15.5. The second-order valence-electron chi connectivity index (χ2n) is 4.69. The summed E-state index contributed by atoms with van der Waals surface area (Å²) in [6.07, 6.45) is 2.71. The lowest BCUT2D eigenvalue weighted by atomic mass is 10.2. The SMILES string of the molecule is CNCc1ccnc(N2CCSCC2S(C)(=O)=O)c1F. The fraction of sp³-hybridized carbons (Fsp3) is 0.583. The zero-order valence-corrected chi connectivity index (χ0v) is 13.1. The maximum atomic E-state index is 14.5. The number of nitrogens with zero attached hydrogens (tertiary/aromatic N) is 2. The van der Waals surface area contributed by atoms with Crippen LogP contribution >= 0.6 is 11.8 Å². The Morgan fingerprint density at radius 2 is 2.35 bits per heavy atom. The third kappa shape index (κ3) is 3.24. The molecule has 0 radical (unpaired) electrons. The van der Waals surface area contributed by atoms with E-state index in [1.54, 1.807) is 29.8 Å². The molecule has 5 nitrogen and oxygen atoms in total. The molecule has 1 aromatic rings. The first-order valence-corrected chi connectivity index (χ1v) is 9.37. The molecule has 0 saturated carbocycles. The number of hydrogen-bond donors (Lipinski definition) is 1. The van der Waals surface area contributed by atoms with Gasteiger partial charge in [-0.2, -0.15) is 11.8 Å². The molecule has 1 saturated heterocycles. The van der Waals surface area contributed by atoms with Gasteiger partial charge in [0, 0.05) is 42.6 Å². The predicted octanol–water partition coefficient (Wildman–Crippen LogP) is 0.864. The normalized spacial score (nSPS) is 20.1. The summed E-state index contributed by atoms with van der Waals surface area (Å²) in [6, 6.07) is 1.60. The monoisotopic (exact) mass is 319 g/mol. The van der Waals surface area contributed by atoms with Gasteiger partial charge in [-0.25, -0.2) is 17.8 Å². The van der Waals surface area contributed by atoms with Crippen molar-refractivity contribution >= 4 is 27.4 Å². The highest BCUT2D eigenvalue weighted by atomic mass is 32.2. The van der Waals surface area contributed by atoms with Crippen LogP contribution in [0.1, 0.15) is 5.56 Å². The van der Waals surface area contributed by atoms with Gasteiger partial charge in [0.25, 0.3) is 0 Å². The van der Waals surface area contributed by atoms with Gasteiger partial charge in [0.15, 0.2) is 21.5 Å². The van der Waals surface area contributed by atoms with Crippen LogP contribution in [0.25, 0.3) is 0 Å². The average Bonchev–Trinajstić information content (AvgIpc) is 2.40. The molecule has 0 aliphatic carbocycles. The second kappa shape index (κ2) is 6.28. The molecule has 1 aliphatic heterocycles. The van der Waals surface area contributed by atoms with Gasteiger partial charge >= 0.3 is 0 Å². The molecule has 0 amide bonds. The number of pyridine rings is 1. The summed E-state index contributed by atoms with van der Waals surface area (Å²) < 4.78 is 38.2. The summed E-state index contributed by atoms with van der Waals surface area (Å²) in [5.74, 6) is 0.899. The van der Waals surface area contributed by atoms with Gasteiger partial charge in [0.2, 0.25) is 0 Å². The molecule has 2 heterocycles. The van der Waals surface area contributed by atoms with Crippen molar-refractivity contribution in [1.29, 1.82) is 0 Å². The molecule has 1 aliphatic rings. The summed E-state index contributed by atoms with van der Waals surface area (Å²) in [7, 11) is -1.55. The quantitative estimate of drug-likeness (QED) is 0.888. The Morgan fingerprint density at radius 1 is 1.60 bits per heavy atom. The zero-order chi connectivity index (χ0) is 14.8. The largest absolute Gasteiger partial charge is 0.336 e. The van der Waals surface area contributed by atoms with Crippen LogP contribution in [-0.4, -0.2) is 50.1 Å². The molecular formula is C12H18FN3O2S2. The Balaban J connectivity index is 2.40. The fourth-order valence-electron chi connectivity index (χ4n) is 2.18. The highest BCUT2D eigenvalue weighted by Crippen LogP contribution is 2.28. The van der Waals surface area contributed by atoms with Gasteiger partial charge < -0.3 is 10.2 Å². The minimum absolute atomic E-state index is 0.133. The van der Waals surface area contributed by atoms with E-state index in [0.717, 1.165) is 5.75 Å². The smallest absolute Gasteiger partial charge is 0.170 e. The van der Waals surface area contributed by atoms with Gasteiger partial charge in [0.1, 0.15) is 5.37 Å². The molecule has 1 N–H and O–H groups in total. The van der Waals surface area contributed by atoms with Crippen LogP contribution in [-0.2, 0) is 16.4 Å². The summed E-state index contributed by atoms with van der Waals surface area (Å²) in [4.78, 5) is 5.63. The van der Waals surface area contributed by atoms with E-state index in [1.165, 1.54) is 12.5 Å². The average molecular weight is 319 g/mol. The van der Waals surface area contributed by atoms with Gasteiger partial charge in [-0.1, -0.05) is 0 Å². The van der Waals surface area contributed by atoms with Crippen LogP contribution in [0.15, 0.2) is 12.3 Å². The topological polar surface area (TPSA) is 62.3 Å². The van der Waals surface area contributed by atoms with E-state index in [2.05, 4.69) is 10.3 Å². The van der Waals surface area contributed by atoms with Crippen LogP contribution in [0.3, 0.4) is 0 Å². The molecule has 0 bridgehead atoms. The molecule has 8 heteroatoms. The van der Waals surface area contributed by atoms with Crippen LogP contribution in [0.4, 0.5) is 10.2 Å². The number of nitrogens with one attached hydrogen (secondary N) is 1. The molecule has 1 atom stereocenters. The number of sulfone groups is 1. The van der Waals surface area contributed by atoms with E-state index in [0.29, 0.717) is 24.4 Å². The summed E-state index contributed by atoms with van der Waals surface area (Å²) in [5, 5.41) is 2.17. The highest BCUT2D eigenvalue weighted by molar-refractivity contribution is 8.01. The molecule has 0 aromatic carbocycles. The van der Waals surface area contributed by atoms with Gasteiger partial charge in [-0.3, -0.25) is 0 Å². The highest BCUT2D eigenvalue weighted by Gasteiger charge is 2.33. The molecule has 1 aromatic heterocycles. The summed E-state index contributed by atoms with van der Waals surface area (Å²) in [5.41, 5.74) is 0.489. The molecule has 1 unspecified atom stereocenters. The number of thioether (sulfide) groups is 1.